The highest BCUT2D eigenvalue weighted by molar-refractivity contribution is 5.97. The first-order valence-corrected chi connectivity index (χ1v) is 12.0. The number of hydrogen-bond donors (Lipinski definition) is 1. The van der Waals surface area contributed by atoms with Crippen molar-refractivity contribution in [3.8, 4) is 0 Å². The summed E-state index contributed by atoms with van der Waals surface area (Å²) in [5.74, 6) is 0. The molecule has 0 saturated heterocycles. The molecule has 1 aromatic rings. The second-order valence-corrected chi connectivity index (χ2v) is 10.2. The van der Waals surface area contributed by atoms with E-state index in [1.807, 2.05) is 0 Å². The highest BCUT2D eigenvalue weighted by Crippen LogP contribution is 2.34. The normalized spacial score (nSPS) is 17.3. The quantitative estimate of drug-likeness (QED) is 0.472. The molecule has 1 aromatic carbocycles. The number of rotatable bonds is 6. The number of hydrogen-bond acceptors (Lipinski definition) is 2. The molecule has 0 amide bonds. The summed E-state index contributed by atoms with van der Waals surface area (Å²) in [4.78, 5) is 4.56. The van der Waals surface area contributed by atoms with E-state index in [4.69, 9.17) is 5.73 Å². The van der Waals surface area contributed by atoms with Gasteiger partial charge >= 0.3 is 0 Å². The van der Waals surface area contributed by atoms with E-state index in [1.54, 1.807) is 0 Å². The molecule has 0 bridgehead atoms. The number of allylic oxidation sites excluding steroid dienone is 4. The van der Waals surface area contributed by atoms with Crippen LogP contribution in [0.4, 0.5) is 0 Å². The van der Waals surface area contributed by atoms with Gasteiger partial charge in [-0.2, -0.15) is 0 Å². The second-order valence-electron chi connectivity index (χ2n) is 10.2. The maximum Gasteiger partial charge on any atom is 0.0603 e. The third-order valence-corrected chi connectivity index (χ3v) is 6.67. The van der Waals surface area contributed by atoms with E-state index >= 15 is 0 Å². The van der Waals surface area contributed by atoms with E-state index in [0.717, 1.165) is 31.5 Å². The molecule has 0 aromatic heterocycles. The summed E-state index contributed by atoms with van der Waals surface area (Å²) >= 11 is 0. The Morgan fingerprint density at radius 2 is 1.74 bits per heavy atom. The number of aliphatic imine (C=N–C) groups is 1. The summed E-state index contributed by atoms with van der Waals surface area (Å²) in [6, 6.07) is 6.80. The molecule has 1 aliphatic heterocycles. The van der Waals surface area contributed by atoms with Crippen LogP contribution in [0.25, 0.3) is 5.57 Å². The van der Waals surface area contributed by atoms with Gasteiger partial charge in [0.2, 0.25) is 0 Å². The third-order valence-electron chi connectivity index (χ3n) is 6.67. The van der Waals surface area contributed by atoms with Crippen molar-refractivity contribution in [2.45, 2.75) is 86.5 Å². The first-order chi connectivity index (χ1) is 14.6. The van der Waals surface area contributed by atoms with Crippen LogP contribution in [0.5, 0.6) is 0 Å². The Morgan fingerprint density at radius 1 is 1.06 bits per heavy atom. The fraction of sp³-hybridized carbons (Fsp3) is 0.552. The Bertz CT molecular complexity index is 857. The van der Waals surface area contributed by atoms with Crippen LogP contribution in [-0.4, -0.2) is 18.8 Å². The monoisotopic (exact) mass is 420 g/mol. The van der Waals surface area contributed by atoms with Crippen LogP contribution in [-0.2, 0) is 6.42 Å². The molecule has 0 radical (unpaired) electrons. The Balaban J connectivity index is 0.000000316. The molecule has 0 unspecified atom stereocenters. The lowest BCUT2D eigenvalue weighted by Crippen LogP contribution is -2.29. The first-order valence-electron chi connectivity index (χ1n) is 12.0. The molecule has 2 N–H and O–H groups in total. The van der Waals surface area contributed by atoms with Crippen molar-refractivity contribution in [2.24, 2.45) is 16.1 Å². The highest BCUT2D eigenvalue weighted by atomic mass is 14.8. The van der Waals surface area contributed by atoms with Crippen molar-refractivity contribution in [2.75, 3.05) is 13.1 Å². The van der Waals surface area contributed by atoms with Crippen LogP contribution in [0.1, 0.15) is 89.8 Å². The van der Waals surface area contributed by atoms with Gasteiger partial charge in [-0.15, -0.1) is 0 Å². The molecule has 3 rings (SSSR count). The summed E-state index contributed by atoms with van der Waals surface area (Å²) < 4.78 is 0. The SMILES string of the molecule is C=C(C)C(=C(C)C)c1cc(CCC2=NCC(C)=C2)ccc1C.CC1(CN)CCCCC1. The summed E-state index contributed by atoms with van der Waals surface area (Å²) in [6.45, 7) is 19.0. The van der Waals surface area contributed by atoms with Crippen molar-refractivity contribution in [3.63, 3.8) is 0 Å². The van der Waals surface area contributed by atoms with E-state index in [9.17, 15) is 0 Å². The minimum absolute atomic E-state index is 0.498. The van der Waals surface area contributed by atoms with Crippen LogP contribution < -0.4 is 5.73 Å². The maximum absolute atomic E-state index is 5.64. The van der Waals surface area contributed by atoms with Crippen LogP contribution in [0.3, 0.4) is 0 Å². The highest BCUT2D eigenvalue weighted by Gasteiger charge is 2.24. The van der Waals surface area contributed by atoms with Gasteiger partial charge in [0.15, 0.2) is 0 Å². The Kier molecular flexibility index (Phi) is 9.50. The molecule has 1 heterocycles. The van der Waals surface area contributed by atoms with Crippen LogP contribution in [0.2, 0.25) is 0 Å². The van der Waals surface area contributed by atoms with Crippen LogP contribution in [0.15, 0.2) is 52.6 Å². The topological polar surface area (TPSA) is 38.4 Å². The lowest BCUT2D eigenvalue weighted by Gasteiger charge is -2.31. The van der Waals surface area contributed by atoms with Crippen LogP contribution >= 0.6 is 0 Å². The molecular weight excluding hydrogens is 376 g/mol. The van der Waals surface area contributed by atoms with Gasteiger partial charge in [0, 0.05) is 5.71 Å². The standard InChI is InChI=1S/C21H27N.C8H17N/c1-14(2)21(15(3)4)20-12-18(8-7-17(20)6)9-10-19-11-16(5)13-22-19;1-8(7-9)5-3-2-4-6-8/h7-8,11-12H,1,9-10,13H2,2-6H3;2-7,9H2,1H3. The van der Waals surface area contributed by atoms with Gasteiger partial charge < -0.3 is 5.73 Å². The van der Waals surface area contributed by atoms with E-state index in [2.05, 4.69) is 77.4 Å². The molecule has 1 saturated carbocycles. The predicted octanol–water partition coefficient (Wildman–Crippen LogP) is 7.61. The second kappa shape index (κ2) is 11.6. The fourth-order valence-electron chi connectivity index (χ4n) is 4.66. The summed E-state index contributed by atoms with van der Waals surface area (Å²) in [5, 5.41) is 0. The zero-order chi connectivity index (χ0) is 23.0. The molecule has 2 aliphatic rings. The van der Waals surface area contributed by atoms with E-state index in [-0.39, 0.29) is 0 Å². The molecule has 1 fully saturated rings. The first kappa shape index (κ1) is 25.3. The number of benzene rings is 1. The summed E-state index contributed by atoms with van der Waals surface area (Å²) in [5.41, 5.74) is 16.5. The molecule has 0 spiro atoms. The van der Waals surface area contributed by atoms with E-state index < -0.39 is 0 Å². The Hall–Kier alpha value is -1.93. The van der Waals surface area contributed by atoms with Crippen molar-refractivity contribution < 1.29 is 0 Å². The Labute approximate surface area is 191 Å². The van der Waals surface area contributed by atoms with E-state index in [0.29, 0.717) is 5.41 Å². The smallest absolute Gasteiger partial charge is 0.0603 e. The average molecular weight is 421 g/mol. The molecule has 1 aliphatic carbocycles. The lowest BCUT2D eigenvalue weighted by molar-refractivity contribution is 0.226. The molecule has 170 valence electrons. The zero-order valence-electron chi connectivity index (χ0n) is 20.9. The van der Waals surface area contributed by atoms with Crippen molar-refractivity contribution in [3.05, 3.63) is 64.3 Å². The minimum Gasteiger partial charge on any atom is -0.330 e. The van der Waals surface area contributed by atoms with Gasteiger partial charge in [-0.1, -0.05) is 67.7 Å². The van der Waals surface area contributed by atoms with Crippen molar-refractivity contribution >= 4 is 11.3 Å². The minimum atomic E-state index is 0.498. The number of nitrogens with two attached hydrogens (primary N) is 1. The predicted molar refractivity (Wildman–Crippen MR) is 139 cm³/mol. The van der Waals surface area contributed by atoms with Gasteiger partial charge in [0.1, 0.15) is 0 Å². The summed E-state index contributed by atoms with van der Waals surface area (Å²) in [7, 11) is 0. The fourth-order valence-corrected chi connectivity index (χ4v) is 4.66. The third kappa shape index (κ3) is 7.61. The van der Waals surface area contributed by atoms with Crippen molar-refractivity contribution in [1.29, 1.82) is 0 Å². The number of aryl methyl sites for hydroxylation is 2. The average Bonchev–Trinajstić information content (AvgIpc) is 3.14. The van der Waals surface area contributed by atoms with Gasteiger partial charge in [-0.05, 0) is 101 Å². The molecule has 2 nitrogen and oxygen atoms in total. The molecule has 2 heteroatoms. The summed E-state index contributed by atoms with van der Waals surface area (Å²) in [6.07, 6.45) is 11.2. The molecular formula is C29H44N2. The Morgan fingerprint density at radius 3 is 2.23 bits per heavy atom. The van der Waals surface area contributed by atoms with E-state index in [1.165, 1.54) is 71.2 Å². The lowest BCUT2D eigenvalue weighted by atomic mass is 9.76. The van der Waals surface area contributed by atoms with Crippen LogP contribution in [0, 0.1) is 12.3 Å². The zero-order valence-corrected chi connectivity index (χ0v) is 20.9. The number of nitrogens with zero attached hydrogens (tertiary/aromatic N) is 1. The van der Waals surface area contributed by atoms with Gasteiger partial charge in [0.25, 0.3) is 0 Å². The van der Waals surface area contributed by atoms with Crippen molar-refractivity contribution in [1.82, 2.24) is 0 Å². The molecule has 0 atom stereocenters. The van der Waals surface area contributed by atoms with Gasteiger partial charge in [0.05, 0.1) is 6.54 Å². The molecule has 31 heavy (non-hydrogen) atoms. The van der Waals surface area contributed by atoms with Gasteiger partial charge in [-0.3, -0.25) is 4.99 Å². The largest absolute Gasteiger partial charge is 0.330 e. The maximum atomic E-state index is 5.64. The van der Waals surface area contributed by atoms with Gasteiger partial charge in [-0.25, -0.2) is 0 Å².